The van der Waals surface area contributed by atoms with Gasteiger partial charge in [-0.05, 0) is 37.6 Å². The lowest BCUT2D eigenvalue weighted by atomic mass is 10.3. The molecule has 23 heavy (non-hydrogen) atoms. The highest BCUT2D eigenvalue weighted by atomic mass is 32.1. The van der Waals surface area contributed by atoms with Gasteiger partial charge in [0.1, 0.15) is 0 Å². The van der Waals surface area contributed by atoms with Crippen LogP contribution in [0.15, 0.2) is 24.3 Å². The number of nitrogens with one attached hydrogen (secondary N) is 1. The average molecular weight is 347 g/mol. The second kappa shape index (κ2) is 7.12. The lowest BCUT2D eigenvalue weighted by Crippen LogP contribution is -2.24. The van der Waals surface area contributed by atoms with Crippen LogP contribution in [0.3, 0.4) is 0 Å². The first-order chi connectivity index (χ1) is 11.1. The van der Waals surface area contributed by atoms with Gasteiger partial charge in [-0.1, -0.05) is 28.0 Å². The van der Waals surface area contributed by atoms with E-state index in [1.54, 1.807) is 0 Å². The first-order valence-corrected chi connectivity index (χ1v) is 8.82. The topological polar surface area (TPSA) is 71.0 Å². The van der Waals surface area contributed by atoms with Gasteiger partial charge in [0.15, 0.2) is 5.13 Å². The van der Waals surface area contributed by atoms with Crippen LogP contribution in [0.1, 0.15) is 17.0 Å². The summed E-state index contributed by atoms with van der Waals surface area (Å²) in [5.74, 6) is -0.0185. The van der Waals surface area contributed by atoms with Crippen LogP contribution in [0.25, 0.3) is 10.2 Å². The number of fused-ring (bicyclic) bond motifs is 1. The minimum absolute atomic E-state index is 0.0185. The molecule has 0 bridgehead atoms. The number of hydrogen-bond donors (Lipinski definition) is 1. The molecule has 1 aromatic carbocycles. The van der Waals surface area contributed by atoms with Gasteiger partial charge in [-0.3, -0.25) is 4.79 Å². The molecule has 8 heteroatoms. The van der Waals surface area contributed by atoms with Gasteiger partial charge in [-0.25, -0.2) is 4.98 Å². The second-order valence-electron chi connectivity index (χ2n) is 5.30. The number of nitrogens with zero attached hydrogens (tertiary/aromatic N) is 4. The maximum atomic E-state index is 12.1. The maximum absolute atomic E-state index is 12.1. The van der Waals surface area contributed by atoms with Crippen LogP contribution in [0.2, 0.25) is 0 Å². The minimum atomic E-state index is -0.0185. The largest absolute Gasteiger partial charge is 0.302 e. The fourth-order valence-electron chi connectivity index (χ4n) is 2.12. The van der Waals surface area contributed by atoms with Crippen LogP contribution < -0.4 is 5.32 Å². The normalized spacial score (nSPS) is 11.3. The van der Waals surface area contributed by atoms with E-state index in [0.717, 1.165) is 27.3 Å². The molecule has 6 nitrogen and oxygen atoms in total. The summed E-state index contributed by atoms with van der Waals surface area (Å²) in [4.78, 5) is 19.7. The monoisotopic (exact) mass is 347 g/mol. The molecule has 0 spiro atoms. The third-order valence-electron chi connectivity index (χ3n) is 3.42. The van der Waals surface area contributed by atoms with Crippen LogP contribution in [0.4, 0.5) is 5.13 Å². The molecule has 0 aliphatic rings. The van der Waals surface area contributed by atoms with E-state index in [1.807, 2.05) is 38.2 Å². The van der Waals surface area contributed by atoms with Crippen molar-refractivity contribution in [3.05, 3.63) is 34.8 Å². The Balaban J connectivity index is 1.50. The molecule has 0 fully saturated rings. The SMILES string of the molecule is Cc1nnsc1CN(C)CCC(=O)Nc1nc2ccccc2s1. The Morgan fingerprint density at radius 2 is 2.17 bits per heavy atom. The maximum Gasteiger partial charge on any atom is 0.227 e. The molecule has 0 aliphatic heterocycles. The molecule has 0 radical (unpaired) electrons. The smallest absolute Gasteiger partial charge is 0.227 e. The summed E-state index contributed by atoms with van der Waals surface area (Å²) >= 11 is 2.90. The quantitative estimate of drug-likeness (QED) is 0.742. The number of aromatic nitrogens is 3. The Labute approximate surface area is 142 Å². The summed E-state index contributed by atoms with van der Waals surface area (Å²) in [6.07, 6.45) is 0.428. The molecule has 1 amide bonds. The third kappa shape index (κ3) is 4.10. The fourth-order valence-corrected chi connectivity index (χ4v) is 3.72. The van der Waals surface area contributed by atoms with Crippen LogP contribution in [-0.2, 0) is 11.3 Å². The van der Waals surface area contributed by atoms with Crippen molar-refractivity contribution < 1.29 is 4.79 Å². The fraction of sp³-hybridized carbons (Fsp3) is 0.333. The van der Waals surface area contributed by atoms with Gasteiger partial charge in [0, 0.05) is 19.5 Å². The molecule has 3 aromatic rings. The highest BCUT2D eigenvalue weighted by molar-refractivity contribution is 7.22. The highest BCUT2D eigenvalue weighted by Crippen LogP contribution is 2.25. The van der Waals surface area contributed by atoms with Crippen LogP contribution in [-0.4, -0.2) is 39.0 Å². The van der Waals surface area contributed by atoms with Gasteiger partial charge in [-0.2, -0.15) is 0 Å². The first-order valence-electron chi connectivity index (χ1n) is 7.23. The predicted octanol–water partition coefficient (Wildman–Crippen LogP) is 2.92. The van der Waals surface area contributed by atoms with E-state index >= 15 is 0 Å². The number of hydrogen-bond acceptors (Lipinski definition) is 7. The van der Waals surface area contributed by atoms with Crippen molar-refractivity contribution in [3.8, 4) is 0 Å². The Bertz CT molecular complexity index is 780. The number of benzene rings is 1. The number of amides is 1. The van der Waals surface area contributed by atoms with Gasteiger partial charge in [-0.15, -0.1) is 5.10 Å². The number of aryl methyl sites for hydroxylation is 1. The zero-order valence-corrected chi connectivity index (χ0v) is 14.6. The summed E-state index contributed by atoms with van der Waals surface area (Å²) in [6, 6.07) is 7.86. The van der Waals surface area contributed by atoms with E-state index in [-0.39, 0.29) is 5.91 Å². The van der Waals surface area contributed by atoms with E-state index in [1.165, 1.54) is 22.9 Å². The van der Waals surface area contributed by atoms with Crippen molar-refractivity contribution in [1.82, 2.24) is 19.5 Å². The van der Waals surface area contributed by atoms with Crippen LogP contribution in [0, 0.1) is 6.92 Å². The number of para-hydroxylation sites is 1. The number of anilines is 1. The molecule has 0 saturated carbocycles. The summed E-state index contributed by atoms with van der Waals surface area (Å²) in [7, 11) is 1.99. The van der Waals surface area contributed by atoms with Gasteiger partial charge < -0.3 is 10.2 Å². The number of carbonyl (C=O) groups excluding carboxylic acids is 1. The Kier molecular flexibility index (Phi) is 4.94. The summed E-state index contributed by atoms with van der Waals surface area (Å²) in [5, 5.41) is 7.53. The van der Waals surface area contributed by atoms with Gasteiger partial charge in [0.2, 0.25) is 5.91 Å². The Morgan fingerprint density at radius 3 is 2.91 bits per heavy atom. The molecule has 0 atom stereocenters. The Morgan fingerprint density at radius 1 is 1.35 bits per heavy atom. The zero-order valence-electron chi connectivity index (χ0n) is 12.9. The third-order valence-corrected chi connectivity index (χ3v) is 5.18. The van der Waals surface area contributed by atoms with Crippen molar-refractivity contribution in [3.63, 3.8) is 0 Å². The second-order valence-corrected chi connectivity index (χ2v) is 7.17. The lowest BCUT2D eigenvalue weighted by Gasteiger charge is -2.14. The number of thiazole rings is 1. The van der Waals surface area contributed by atoms with Crippen molar-refractivity contribution >= 4 is 44.1 Å². The zero-order chi connectivity index (χ0) is 16.2. The van der Waals surface area contributed by atoms with Crippen LogP contribution in [0.5, 0.6) is 0 Å². The van der Waals surface area contributed by atoms with Crippen molar-refractivity contribution in [2.45, 2.75) is 19.9 Å². The van der Waals surface area contributed by atoms with Gasteiger partial charge in [0.25, 0.3) is 0 Å². The summed E-state index contributed by atoms with van der Waals surface area (Å²) < 4.78 is 5.00. The van der Waals surface area contributed by atoms with E-state index in [0.29, 0.717) is 18.1 Å². The van der Waals surface area contributed by atoms with E-state index in [4.69, 9.17) is 0 Å². The summed E-state index contributed by atoms with van der Waals surface area (Å²) in [6.45, 7) is 3.39. The molecule has 2 heterocycles. The van der Waals surface area contributed by atoms with Crippen molar-refractivity contribution in [2.24, 2.45) is 0 Å². The van der Waals surface area contributed by atoms with E-state index < -0.39 is 0 Å². The van der Waals surface area contributed by atoms with Crippen LogP contribution >= 0.6 is 22.9 Å². The highest BCUT2D eigenvalue weighted by Gasteiger charge is 2.11. The molecule has 0 saturated heterocycles. The van der Waals surface area contributed by atoms with Gasteiger partial charge in [0.05, 0.1) is 20.8 Å². The predicted molar refractivity (Wildman–Crippen MR) is 93.8 cm³/mol. The van der Waals surface area contributed by atoms with E-state index in [9.17, 15) is 4.79 Å². The molecular formula is C15H17N5OS2. The van der Waals surface area contributed by atoms with Gasteiger partial charge >= 0.3 is 0 Å². The molecule has 3 rings (SSSR count). The average Bonchev–Trinajstić information content (AvgIpc) is 3.11. The molecule has 1 N–H and O–H groups in total. The molecule has 0 unspecified atom stereocenters. The lowest BCUT2D eigenvalue weighted by molar-refractivity contribution is -0.116. The molecule has 120 valence electrons. The Hall–Kier alpha value is -1.90. The van der Waals surface area contributed by atoms with Crippen molar-refractivity contribution in [1.29, 1.82) is 0 Å². The number of rotatable bonds is 6. The minimum Gasteiger partial charge on any atom is -0.302 e. The standard InChI is InChI=1S/C15H17N5OS2/c1-10-13(23-19-18-10)9-20(2)8-7-14(21)17-15-16-11-5-3-4-6-12(11)22-15/h3-6H,7-9H2,1-2H3,(H,16,17,21). The molecule has 0 aliphatic carbocycles. The summed E-state index contributed by atoms with van der Waals surface area (Å²) in [5.41, 5.74) is 1.87. The van der Waals surface area contributed by atoms with Crippen molar-refractivity contribution in [2.75, 3.05) is 18.9 Å². The molecule has 2 aromatic heterocycles. The first kappa shape index (κ1) is 16.0. The number of carbonyl (C=O) groups is 1. The molecular weight excluding hydrogens is 330 g/mol. The van der Waals surface area contributed by atoms with E-state index in [2.05, 4.69) is 24.8 Å².